The van der Waals surface area contributed by atoms with Crippen molar-refractivity contribution in [1.29, 1.82) is 0 Å². The summed E-state index contributed by atoms with van der Waals surface area (Å²) in [6.07, 6.45) is 3.07. The number of hydrogen-bond donors (Lipinski definition) is 2. The first-order valence-electron chi connectivity index (χ1n) is 6.57. The molecule has 0 aliphatic rings. The topological polar surface area (TPSA) is 49.3 Å². The molecule has 0 spiro atoms. The third-order valence-corrected chi connectivity index (χ3v) is 4.01. The van der Waals surface area contributed by atoms with E-state index in [9.17, 15) is 9.90 Å². The molecule has 1 aromatic carbocycles. The molecule has 21 heavy (non-hydrogen) atoms. The molecule has 1 amide bonds. The molecule has 0 saturated heterocycles. The van der Waals surface area contributed by atoms with Gasteiger partial charge in [-0.05, 0) is 46.5 Å². The summed E-state index contributed by atoms with van der Waals surface area (Å²) in [5.74, 6) is -0.201. The van der Waals surface area contributed by atoms with Crippen LogP contribution in [0, 0.1) is 0 Å². The van der Waals surface area contributed by atoms with Crippen molar-refractivity contribution < 1.29 is 9.90 Å². The highest BCUT2D eigenvalue weighted by Gasteiger charge is 2.07. The molecule has 1 atom stereocenters. The minimum absolute atomic E-state index is 0.201. The number of carbonyl (C=O) groups is 1. The molecule has 0 bridgehead atoms. The maximum absolute atomic E-state index is 11.7. The third-order valence-electron chi connectivity index (χ3n) is 2.96. The average molecular weight is 322 g/mol. The van der Waals surface area contributed by atoms with Crippen LogP contribution >= 0.6 is 22.9 Å². The first kappa shape index (κ1) is 15.8. The Morgan fingerprint density at radius 2 is 2.19 bits per heavy atom. The van der Waals surface area contributed by atoms with Gasteiger partial charge in [0.1, 0.15) is 0 Å². The number of carbonyl (C=O) groups excluding carboxylic acids is 1. The third kappa shape index (κ3) is 5.01. The molecule has 5 heteroatoms. The fraction of sp³-hybridized carbons (Fsp3) is 0.188. The standard InChI is InChI=1S/C16H16ClNO2S/c17-14-4-2-1-3-12(14)5-6-16(20)18-9-7-15(19)13-8-10-21-11-13/h1-6,8,10-11,15,19H,7,9H2,(H,18,20)/b6-5+/t15-/m0/s1. The van der Waals surface area contributed by atoms with Crippen molar-refractivity contribution in [2.45, 2.75) is 12.5 Å². The zero-order valence-corrected chi connectivity index (χ0v) is 12.9. The number of hydrogen-bond acceptors (Lipinski definition) is 3. The smallest absolute Gasteiger partial charge is 0.244 e. The van der Waals surface area contributed by atoms with E-state index in [0.29, 0.717) is 18.0 Å². The first-order chi connectivity index (χ1) is 10.2. The van der Waals surface area contributed by atoms with Gasteiger partial charge in [0.2, 0.25) is 5.91 Å². The van der Waals surface area contributed by atoms with Crippen LogP contribution in [0.15, 0.2) is 47.2 Å². The van der Waals surface area contributed by atoms with E-state index >= 15 is 0 Å². The Morgan fingerprint density at radius 3 is 2.90 bits per heavy atom. The molecule has 2 aromatic rings. The van der Waals surface area contributed by atoms with Crippen LogP contribution in [0.25, 0.3) is 6.08 Å². The summed E-state index contributed by atoms with van der Waals surface area (Å²) in [5, 5.41) is 17.1. The van der Waals surface area contributed by atoms with Gasteiger partial charge in [0.05, 0.1) is 6.10 Å². The van der Waals surface area contributed by atoms with Gasteiger partial charge in [-0.15, -0.1) is 0 Å². The van der Waals surface area contributed by atoms with E-state index in [2.05, 4.69) is 5.32 Å². The van der Waals surface area contributed by atoms with E-state index in [0.717, 1.165) is 11.1 Å². The van der Waals surface area contributed by atoms with Gasteiger partial charge < -0.3 is 10.4 Å². The number of rotatable bonds is 6. The largest absolute Gasteiger partial charge is 0.388 e. The number of nitrogens with one attached hydrogen (secondary N) is 1. The van der Waals surface area contributed by atoms with Crippen LogP contribution in [-0.2, 0) is 4.79 Å². The van der Waals surface area contributed by atoms with Gasteiger partial charge in [-0.1, -0.05) is 29.8 Å². The van der Waals surface area contributed by atoms with Crippen molar-refractivity contribution in [2.75, 3.05) is 6.54 Å². The monoisotopic (exact) mass is 321 g/mol. The minimum Gasteiger partial charge on any atom is -0.388 e. The lowest BCUT2D eigenvalue weighted by Crippen LogP contribution is -2.23. The lowest BCUT2D eigenvalue weighted by molar-refractivity contribution is -0.116. The highest BCUT2D eigenvalue weighted by molar-refractivity contribution is 7.07. The Morgan fingerprint density at radius 1 is 1.38 bits per heavy atom. The summed E-state index contributed by atoms with van der Waals surface area (Å²) in [6.45, 7) is 0.419. The van der Waals surface area contributed by atoms with Crippen molar-refractivity contribution in [1.82, 2.24) is 5.32 Å². The van der Waals surface area contributed by atoms with Crippen molar-refractivity contribution in [3.63, 3.8) is 0 Å². The van der Waals surface area contributed by atoms with Gasteiger partial charge in [-0.25, -0.2) is 0 Å². The molecule has 0 fully saturated rings. The number of aliphatic hydroxyl groups is 1. The Kier molecular flexibility index (Phi) is 5.99. The number of halogens is 1. The molecular weight excluding hydrogens is 306 g/mol. The van der Waals surface area contributed by atoms with Gasteiger partial charge in [0, 0.05) is 17.6 Å². The van der Waals surface area contributed by atoms with E-state index < -0.39 is 6.10 Å². The van der Waals surface area contributed by atoms with Crippen molar-refractivity contribution >= 4 is 34.9 Å². The van der Waals surface area contributed by atoms with E-state index in [1.165, 1.54) is 6.08 Å². The Labute approximate surface area is 132 Å². The van der Waals surface area contributed by atoms with Crippen LogP contribution < -0.4 is 5.32 Å². The van der Waals surface area contributed by atoms with Crippen molar-refractivity contribution in [3.05, 3.63) is 63.3 Å². The molecule has 0 aliphatic heterocycles. The van der Waals surface area contributed by atoms with Gasteiger partial charge in [0.15, 0.2) is 0 Å². The van der Waals surface area contributed by atoms with Crippen LogP contribution in [0.4, 0.5) is 0 Å². The van der Waals surface area contributed by atoms with Crippen LogP contribution in [0.2, 0.25) is 5.02 Å². The second-order valence-corrected chi connectivity index (χ2v) is 5.69. The first-order valence-corrected chi connectivity index (χ1v) is 7.89. The minimum atomic E-state index is -0.538. The predicted octanol–water partition coefficient (Wildman–Crippen LogP) is 3.65. The van der Waals surface area contributed by atoms with E-state index in [1.807, 2.05) is 35.0 Å². The zero-order valence-electron chi connectivity index (χ0n) is 11.3. The maximum atomic E-state index is 11.7. The SMILES string of the molecule is O=C(/C=C/c1ccccc1Cl)NCC[C@H](O)c1ccsc1. The number of thiophene rings is 1. The second kappa shape index (κ2) is 7.98. The van der Waals surface area contributed by atoms with Gasteiger partial charge >= 0.3 is 0 Å². The number of aliphatic hydroxyl groups excluding tert-OH is 1. The molecule has 2 rings (SSSR count). The van der Waals surface area contributed by atoms with Gasteiger partial charge in [-0.3, -0.25) is 4.79 Å². The lowest BCUT2D eigenvalue weighted by Gasteiger charge is -2.08. The molecule has 0 saturated carbocycles. The quantitative estimate of drug-likeness (QED) is 0.798. The average Bonchev–Trinajstić information content (AvgIpc) is 3.00. The normalized spacial score (nSPS) is 12.5. The van der Waals surface area contributed by atoms with Crippen LogP contribution in [0.1, 0.15) is 23.7 Å². The number of amides is 1. The van der Waals surface area contributed by atoms with Crippen LogP contribution in [-0.4, -0.2) is 17.6 Å². The molecule has 0 aliphatic carbocycles. The highest BCUT2D eigenvalue weighted by atomic mass is 35.5. The summed E-state index contributed by atoms with van der Waals surface area (Å²) >= 11 is 7.54. The molecule has 3 nitrogen and oxygen atoms in total. The Balaban J connectivity index is 1.76. The van der Waals surface area contributed by atoms with Crippen LogP contribution in [0.5, 0.6) is 0 Å². The summed E-state index contributed by atoms with van der Waals surface area (Å²) in [5.41, 5.74) is 1.69. The fourth-order valence-electron chi connectivity index (χ4n) is 1.80. The second-order valence-electron chi connectivity index (χ2n) is 4.51. The molecular formula is C16H16ClNO2S. The Hall–Kier alpha value is -1.62. The molecule has 1 aromatic heterocycles. The Bertz CT molecular complexity index is 610. The van der Waals surface area contributed by atoms with E-state index in [-0.39, 0.29) is 5.91 Å². The van der Waals surface area contributed by atoms with E-state index in [1.54, 1.807) is 23.5 Å². The molecule has 110 valence electrons. The van der Waals surface area contributed by atoms with Crippen LogP contribution in [0.3, 0.4) is 0 Å². The van der Waals surface area contributed by atoms with Gasteiger partial charge in [-0.2, -0.15) is 11.3 Å². The molecule has 1 heterocycles. The van der Waals surface area contributed by atoms with Crippen molar-refractivity contribution in [3.8, 4) is 0 Å². The fourth-order valence-corrected chi connectivity index (χ4v) is 2.70. The summed E-state index contributed by atoms with van der Waals surface area (Å²) < 4.78 is 0. The number of benzene rings is 1. The summed E-state index contributed by atoms with van der Waals surface area (Å²) in [4.78, 5) is 11.7. The summed E-state index contributed by atoms with van der Waals surface area (Å²) in [6, 6.07) is 9.20. The van der Waals surface area contributed by atoms with E-state index in [4.69, 9.17) is 11.6 Å². The summed E-state index contributed by atoms with van der Waals surface area (Å²) in [7, 11) is 0. The lowest BCUT2D eigenvalue weighted by atomic mass is 10.1. The predicted molar refractivity (Wildman–Crippen MR) is 87.4 cm³/mol. The van der Waals surface area contributed by atoms with Crippen molar-refractivity contribution in [2.24, 2.45) is 0 Å². The molecule has 0 radical (unpaired) electrons. The highest BCUT2D eigenvalue weighted by Crippen LogP contribution is 2.18. The maximum Gasteiger partial charge on any atom is 0.244 e. The van der Waals surface area contributed by atoms with Gasteiger partial charge in [0.25, 0.3) is 0 Å². The molecule has 2 N–H and O–H groups in total. The molecule has 0 unspecified atom stereocenters. The zero-order chi connectivity index (χ0) is 15.1.